The SMILES string of the molecule is COc1ccccc1C(=O)NC(CCSC)C(=O)N(C)CCOc1ccccc1C. The molecule has 0 aromatic heterocycles. The summed E-state index contributed by atoms with van der Waals surface area (Å²) in [5, 5.41) is 2.88. The molecule has 1 N–H and O–H groups in total. The molecule has 2 aromatic rings. The van der Waals surface area contributed by atoms with Crippen molar-refractivity contribution in [1.82, 2.24) is 10.2 Å². The van der Waals surface area contributed by atoms with Gasteiger partial charge in [0.05, 0.1) is 19.2 Å². The van der Waals surface area contributed by atoms with E-state index < -0.39 is 6.04 Å². The van der Waals surface area contributed by atoms with Crippen LogP contribution in [-0.4, -0.2) is 62.1 Å². The second-order valence-corrected chi connectivity index (χ2v) is 7.87. The summed E-state index contributed by atoms with van der Waals surface area (Å²) in [6.45, 7) is 2.78. The van der Waals surface area contributed by atoms with Gasteiger partial charge in [-0.1, -0.05) is 30.3 Å². The summed E-state index contributed by atoms with van der Waals surface area (Å²) in [5.41, 5.74) is 1.46. The molecule has 0 saturated heterocycles. The minimum Gasteiger partial charge on any atom is -0.496 e. The van der Waals surface area contributed by atoms with Gasteiger partial charge in [-0.3, -0.25) is 9.59 Å². The van der Waals surface area contributed by atoms with Gasteiger partial charge in [0.1, 0.15) is 24.1 Å². The number of nitrogens with one attached hydrogen (secondary N) is 1. The van der Waals surface area contributed by atoms with Gasteiger partial charge in [0, 0.05) is 7.05 Å². The van der Waals surface area contributed by atoms with Crippen LogP contribution in [0.5, 0.6) is 11.5 Å². The normalized spacial score (nSPS) is 11.5. The molecule has 2 amide bonds. The van der Waals surface area contributed by atoms with E-state index in [4.69, 9.17) is 9.47 Å². The van der Waals surface area contributed by atoms with Crippen molar-refractivity contribution >= 4 is 23.6 Å². The van der Waals surface area contributed by atoms with Crippen LogP contribution in [0, 0.1) is 6.92 Å². The van der Waals surface area contributed by atoms with Gasteiger partial charge < -0.3 is 19.7 Å². The van der Waals surface area contributed by atoms with Crippen molar-refractivity contribution in [2.24, 2.45) is 0 Å². The molecule has 0 radical (unpaired) electrons. The molecule has 0 saturated carbocycles. The van der Waals surface area contributed by atoms with Crippen molar-refractivity contribution in [3.05, 3.63) is 59.7 Å². The molecule has 0 aliphatic rings. The second-order valence-electron chi connectivity index (χ2n) is 6.88. The van der Waals surface area contributed by atoms with Gasteiger partial charge in [-0.2, -0.15) is 11.8 Å². The fourth-order valence-corrected chi connectivity index (χ4v) is 3.42. The molecule has 30 heavy (non-hydrogen) atoms. The Labute approximate surface area is 182 Å². The Morgan fingerprint density at radius 3 is 2.43 bits per heavy atom. The number of amides is 2. The van der Waals surface area contributed by atoms with E-state index in [-0.39, 0.29) is 11.8 Å². The van der Waals surface area contributed by atoms with Gasteiger partial charge >= 0.3 is 0 Å². The van der Waals surface area contributed by atoms with E-state index in [9.17, 15) is 9.59 Å². The first kappa shape index (κ1) is 23.6. The number of para-hydroxylation sites is 2. The lowest BCUT2D eigenvalue weighted by molar-refractivity contribution is -0.132. The molecule has 0 fully saturated rings. The number of ether oxygens (including phenoxy) is 2. The molecule has 162 valence electrons. The Kier molecular flexibility index (Phi) is 9.54. The molecule has 0 bridgehead atoms. The van der Waals surface area contributed by atoms with Crippen molar-refractivity contribution < 1.29 is 19.1 Å². The van der Waals surface area contributed by atoms with Gasteiger partial charge in [-0.05, 0) is 49.1 Å². The van der Waals surface area contributed by atoms with E-state index in [0.717, 1.165) is 17.1 Å². The fraction of sp³-hybridized carbons (Fsp3) is 0.391. The summed E-state index contributed by atoms with van der Waals surface area (Å²) in [4.78, 5) is 27.4. The summed E-state index contributed by atoms with van der Waals surface area (Å²) in [6.07, 6.45) is 2.52. The summed E-state index contributed by atoms with van der Waals surface area (Å²) in [6, 6.07) is 14.1. The van der Waals surface area contributed by atoms with Crippen LogP contribution in [0.1, 0.15) is 22.3 Å². The Morgan fingerprint density at radius 1 is 1.10 bits per heavy atom. The summed E-state index contributed by atoms with van der Waals surface area (Å²) in [5.74, 6) is 1.58. The van der Waals surface area contributed by atoms with E-state index in [1.165, 1.54) is 7.11 Å². The van der Waals surface area contributed by atoms with Crippen LogP contribution in [0.4, 0.5) is 0 Å². The number of likely N-dealkylation sites (N-methyl/N-ethyl adjacent to an activating group) is 1. The Morgan fingerprint density at radius 2 is 1.77 bits per heavy atom. The number of carbonyl (C=O) groups is 2. The van der Waals surface area contributed by atoms with Crippen LogP contribution in [0.25, 0.3) is 0 Å². The zero-order valence-corrected chi connectivity index (χ0v) is 18.8. The van der Waals surface area contributed by atoms with Crippen molar-refractivity contribution in [2.75, 3.05) is 39.3 Å². The highest BCUT2D eigenvalue weighted by Gasteiger charge is 2.25. The van der Waals surface area contributed by atoms with Crippen molar-refractivity contribution in [3.8, 4) is 11.5 Å². The van der Waals surface area contributed by atoms with Crippen LogP contribution in [0.15, 0.2) is 48.5 Å². The van der Waals surface area contributed by atoms with E-state index in [1.54, 1.807) is 48.0 Å². The number of thioether (sulfide) groups is 1. The number of carbonyl (C=O) groups excluding carboxylic acids is 2. The standard InChI is InChI=1S/C23H30N2O4S/c1-17-9-5-7-11-20(17)29-15-14-25(2)23(27)19(13-16-30-4)24-22(26)18-10-6-8-12-21(18)28-3/h5-12,19H,13-16H2,1-4H3,(H,24,26). The van der Waals surface area contributed by atoms with E-state index in [2.05, 4.69) is 5.32 Å². The molecule has 7 heteroatoms. The highest BCUT2D eigenvalue weighted by molar-refractivity contribution is 7.98. The number of hydrogen-bond donors (Lipinski definition) is 1. The molecular weight excluding hydrogens is 400 g/mol. The van der Waals surface area contributed by atoms with Crippen LogP contribution in [0.3, 0.4) is 0 Å². The quantitative estimate of drug-likeness (QED) is 0.592. The summed E-state index contributed by atoms with van der Waals surface area (Å²) >= 11 is 1.63. The molecule has 6 nitrogen and oxygen atoms in total. The van der Waals surface area contributed by atoms with Crippen LogP contribution < -0.4 is 14.8 Å². The first-order valence-corrected chi connectivity index (χ1v) is 11.2. The average molecular weight is 431 g/mol. The van der Waals surface area contributed by atoms with Crippen LogP contribution in [-0.2, 0) is 4.79 Å². The molecule has 2 rings (SSSR count). The van der Waals surface area contributed by atoms with Crippen molar-refractivity contribution in [2.45, 2.75) is 19.4 Å². The van der Waals surface area contributed by atoms with Gasteiger partial charge in [-0.25, -0.2) is 0 Å². The molecule has 0 heterocycles. The minimum atomic E-state index is -0.613. The number of rotatable bonds is 11. The molecule has 0 aliphatic heterocycles. The Hall–Kier alpha value is -2.67. The number of hydrogen-bond acceptors (Lipinski definition) is 5. The molecule has 2 aromatic carbocycles. The zero-order chi connectivity index (χ0) is 21.9. The topological polar surface area (TPSA) is 67.9 Å². The number of methoxy groups -OCH3 is 1. The molecule has 0 aliphatic carbocycles. The maximum atomic E-state index is 13.0. The number of aryl methyl sites for hydroxylation is 1. The van der Waals surface area contributed by atoms with Gasteiger partial charge in [-0.15, -0.1) is 0 Å². The van der Waals surface area contributed by atoms with Crippen molar-refractivity contribution in [3.63, 3.8) is 0 Å². The van der Waals surface area contributed by atoms with E-state index >= 15 is 0 Å². The minimum absolute atomic E-state index is 0.138. The molecular formula is C23H30N2O4S. The van der Waals surface area contributed by atoms with Crippen LogP contribution >= 0.6 is 11.8 Å². The van der Waals surface area contributed by atoms with E-state index in [0.29, 0.717) is 30.9 Å². The maximum Gasteiger partial charge on any atom is 0.255 e. The maximum absolute atomic E-state index is 13.0. The third kappa shape index (κ3) is 6.69. The van der Waals surface area contributed by atoms with Crippen LogP contribution in [0.2, 0.25) is 0 Å². The lowest BCUT2D eigenvalue weighted by atomic mass is 10.1. The Bertz CT molecular complexity index is 843. The van der Waals surface area contributed by atoms with Gasteiger partial charge in [0.2, 0.25) is 5.91 Å². The lowest BCUT2D eigenvalue weighted by Crippen LogP contribution is -2.48. The summed E-state index contributed by atoms with van der Waals surface area (Å²) in [7, 11) is 3.25. The van der Waals surface area contributed by atoms with Gasteiger partial charge in [0.15, 0.2) is 0 Å². The Balaban J connectivity index is 1.99. The van der Waals surface area contributed by atoms with E-state index in [1.807, 2.05) is 37.4 Å². The lowest BCUT2D eigenvalue weighted by Gasteiger charge is -2.25. The first-order valence-electron chi connectivity index (χ1n) is 9.84. The second kappa shape index (κ2) is 12.1. The highest BCUT2D eigenvalue weighted by atomic mass is 32.2. The summed E-state index contributed by atoms with van der Waals surface area (Å²) < 4.78 is 11.1. The predicted molar refractivity (Wildman–Crippen MR) is 122 cm³/mol. The third-order valence-electron chi connectivity index (χ3n) is 4.72. The highest BCUT2D eigenvalue weighted by Crippen LogP contribution is 2.18. The molecule has 1 unspecified atom stereocenters. The predicted octanol–water partition coefficient (Wildman–Crippen LogP) is 3.39. The monoisotopic (exact) mass is 430 g/mol. The zero-order valence-electron chi connectivity index (χ0n) is 18.0. The number of nitrogens with zero attached hydrogens (tertiary/aromatic N) is 1. The smallest absolute Gasteiger partial charge is 0.255 e. The molecule has 0 spiro atoms. The molecule has 1 atom stereocenters. The third-order valence-corrected chi connectivity index (χ3v) is 5.36. The van der Waals surface area contributed by atoms with Crippen molar-refractivity contribution in [1.29, 1.82) is 0 Å². The van der Waals surface area contributed by atoms with Gasteiger partial charge in [0.25, 0.3) is 5.91 Å². The average Bonchev–Trinajstić information content (AvgIpc) is 2.77. The number of benzene rings is 2. The largest absolute Gasteiger partial charge is 0.496 e. The fourth-order valence-electron chi connectivity index (χ4n) is 2.95. The first-order chi connectivity index (χ1) is 14.5.